The zero-order chi connectivity index (χ0) is 29.9. The van der Waals surface area contributed by atoms with E-state index in [1.54, 1.807) is 0 Å². The Kier molecular flexibility index (Phi) is 9.20. The SMILES string of the molecule is CCCCCc1ccc2c(c1)OC(C)(C)C(CCC(=O)O)(O[SiH](c1ccccc1)c1ccccc1)C2(C)C(C)(C)C. The van der Waals surface area contributed by atoms with Gasteiger partial charge in [0.25, 0.3) is 0 Å². The van der Waals surface area contributed by atoms with Crippen molar-refractivity contribution in [1.82, 2.24) is 0 Å². The lowest BCUT2D eigenvalue weighted by Crippen LogP contribution is -2.74. The number of aliphatic carboxylic acids is 1. The van der Waals surface area contributed by atoms with Crippen LogP contribution in [-0.4, -0.2) is 31.3 Å². The maximum Gasteiger partial charge on any atom is 0.303 e. The Balaban J connectivity index is 1.96. The molecular formula is C36H48O4Si. The summed E-state index contributed by atoms with van der Waals surface area (Å²) in [4.78, 5) is 12.2. The summed E-state index contributed by atoms with van der Waals surface area (Å²) >= 11 is 0. The van der Waals surface area contributed by atoms with E-state index in [4.69, 9.17) is 9.16 Å². The number of benzene rings is 3. The molecule has 0 radical (unpaired) electrons. The summed E-state index contributed by atoms with van der Waals surface area (Å²) in [6.07, 6.45) is 4.91. The second kappa shape index (κ2) is 12.1. The first kappa shape index (κ1) is 31.1. The average molecular weight is 573 g/mol. The van der Waals surface area contributed by atoms with E-state index in [0.717, 1.165) is 34.5 Å². The Morgan fingerprint density at radius 3 is 2.00 bits per heavy atom. The van der Waals surface area contributed by atoms with Crippen molar-refractivity contribution in [2.24, 2.45) is 5.41 Å². The van der Waals surface area contributed by atoms with Gasteiger partial charge in [-0.05, 0) is 60.5 Å². The van der Waals surface area contributed by atoms with E-state index in [-0.39, 0.29) is 11.8 Å². The number of carbonyl (C=O) groups is 1. The first-order chi connectivity index (χ1) is 19.4. The van der Waals surface area contributed by atoms with Gasteiger partial charge in [0.2, 0.25) is 9.04 Å². The van der Waals surface area contributed by atoms with Gasteiger partial charge in [0.1, 0.15) is 17.0 Å². The molecule has 0 bridgehead atoms. The standard InChI is InChI=1S/C36H48O4Si/c1-8-9-12-17-27-22-23-30-31(26-27)39-34(5,6)36(25-24-32(37)38,35(30,7)33(2,3)4)40-41(28-18-13-10-14-19-28)29-20-15-11-16-21-29/h10-11,13-16,18-23,26,41H,8-9,12,17,24-25H2,1-7H3,(H,37,38). The van der Waals surface area contributed by atoms with E-state index in [9.17, 15) is 9.90 Å². The van der Waals surface area contributed by atoms with Gasteiger partial charge in [-0.15, -0.1) is 0 Å². The third-order valence-electron chi connectivity index (χ3n) is 9.51. The topological polar surface area (TPSA) is 55.8 Å². The van der Waals surface area contributed by atoms with Crippen LogP contribution in [0.25, 0.3) is 0 Å². The van der Waals surface area contributed by atoms with Crippen molar-refractivity contribution in [1.29, 1.82) is 0 Å². The fraction of sp³-hybridized carbons (Fsp3) is 0.472. The molecule has 1 heterocycles. The van der Waals surface area contributed by atoms with Crippen LogP contribution < -0.4 is 15.1 Å². The zero-order valence-corrected chi connectivity index (χ0v) is 27.2. The molecule has 0 aromatic heterocycles. The molecule has 2 atom stereocenters. The minimum absolute atomic E-state index is 0.00636. The summed E-state index contributed by atoms with van der Waals surface area (Å²) in [7, 11) is -2.31. The van der Waals surface area contributed by atoms with Crippen LogP contribution in [0.4, 0.5) is 0 Å². The Hall–Kier alpha value is -2.89. The first-order valence-corrected chi connectivity index (χ1v) is 16.8. The molecule has 4 nitrogen and oxygen atoms in total. The van der Waals surface area contributed by atoms with Crippen molar-refractivity contribution in [3.05, 3.63) is 90.0 Å². The van der Waals surface area contributed by atoms with Gasteiger partial charge in [-0.2, -0.15) is 0 Å². The van der Waals surface area contributed by atoms with Gasteiger partial charge in [-0.1, -0.05) is 120 Å². The molecule has 5 heteroatoms. The molecule has 220 valence electrons. The van der Waals surface area contributed by atoms with Gasteiger partial charge < -0.3 is 14.3 Å². The van der Waals surface area contributed by atoms with E-state index in [1.165, 1.54) is 18.4 Å². The van der Waals surface area contributed by atoms with E-state index >= 15 is 0 Å². The molecule has 0 aliphatic carbocycles. The third-order valence-corrected chi connectivity index (χ3v) is 12.1. The molecule has 41 heavy (non-hydrogen) atoms. The second-order valence-electron chi connectivity index (χ2n) is 13.3. The number of carboxylic acids is 1. The minimum atomic E-state index is -2.31. The molecule has 0 amide bonds. The van der Waals surface area contributed by atoms with Crippen molar-refractivity contribution >= 4 is 25.4 Å². The number of carboxylic acid groups (broad SMARTS) is 1. The quantitative estimate of drug-likeness (QED) is 0.198. The molecule has 0 saturated heterocycles. The summed E-state index contributed by atoms with van der Waals surface area (Å²) in [6.45, 7) is 15.5. The monoisotopic (exact) mass is 572 g/mol. The van der Waals surface area contributed by atoms with Crippen molar-refractivity contribution < 1.29 is 19.1 Å². The van der Waals surface area contributed by atoms with Crippen molar-refractivity contribution in [2.45, 2.75) is 104 Å². The first-order valence-electron chi connectivity index (χ1n) is 15.2. The number of fused-ring (bicyclic) bond motifs is 1. The molecule has 0 spiro atoms. The molecule has 0 fully saturated rings. The molecule has 3 aromatic carbocycles. The van der Waals surface area contributed by atoms with Gasteiger partial charge in [-0.25, -0.2) is 0 Å². The summed E-state index contributed by atoms with van der Waals surface area (Å²) in [5, 5.41) is 12.3. The molecule has 1 aliphatic rings. The van der Waals surface area contributed by atoms with Gasteiger partial charge in [0.15, 0.2) is 0 Å². The van der Waals surface area contributed by atoms with Crippen molar-refractivity contribution in [3.8, 4) is 5.75 Å². The van der Waals surface area contributed by atoms with Crippen LogP contribution in [0.2, 0.25) is 0 Å². The summed E-state index contributed by atoms with van der Waals surface area (Å²) in [6, 6.07) is 27.6. The average Bonchev–Trinajstić information content (AvgIpc) is 2.92. The zero-order valence-electron chi connectivity index (χ0n) is 26.0. The number of aryl methyl sites for hydroxylation is 1. The maximum absolute atomic E-state index is 12.2. The number of hydrogen-bond acceptors (Lipinski definition) is 3. The van der Waals surface area contributed by atoms with Crippen LogP contribution in [0.5, 0.6) is 5.75 Å². The fourth-order valence-corrected chi connectivity index (χ4v) is 9.76. The van der Waals surface area contributed by atoms with Crippen LogP contribution in [0.3, 0.4) is 0 Å². The van der Waals surface area contributed by atoms with E-state index < -0.39 is 31.6 Å². The number of rotatable bonds is 11. The predicted octanol–water partition coefficient (Wildman–Crippen LogP) is 7.05. The smallest absolute Gasteiger partial charge is 0.303 e. The van der Waals surface area contributed by atoms with E-state index in [0.29, 0.717) is 6.42 Å². The summed E-state index contributed by atoms with van der Waals surface area (Å²) < 4.78 is 14.7. The second-order valence-corrected chi connectivity index (χ2v) is 15.6. The lowest BCUT2D eigenvalue weighted by Gasteiger charge is -2.65. The molecule has 4 rings (SSSR count). The molecular weight excluding hydrogens is 524 g/mol. The largest absolute Gasteiger partial charge is 0.485 e. The van der Waals surface area contributed by atoms with Gasteiger partial charge in [-0.3, -0.25) is 4.79 Å². The molecule has 3 aromatic rings. The highest BCUT2D eigenvalue weighted by Crippen LogP contribution is 2.62. The van der Waals surface area contributed by atoms with Crippen LogP contribution in [0, 0.1) is 5.41 Å². The Labute approximate surface area is 248 Å². The summed E-state index contributed by atoms with van der Waals surface area (Å²) in [5.74, 6) is 0.0726. The van der Waals surface area contributed by atoms with Gasteiger partial charge >= 0.3 is 5.97 Å². The highest BCUT2D eigenvalue weighted by Gasteiger charge is 2.68. The lowest BCUT2D eigenvalue weighted by molar-refractivity contribution is -0.190. The Morgan fingerprint density at radius 1 is 0.902 bits per heavy atom. The highest BCUT2D eigenvalue weighted by molar-refractivity contribution is 6.80. The van der Waals surface area contributed by atoms with Crippen LogP contribution in [0.15, 0.2) is 78.9 Å². The Morgan fingerprint density at radius 2 is 1.49 bits per heavy atom. The van der Waals surface area contributed by atoms with Gasteiger partial charge in [0.05, 0.1) is 0 Å². The highest BCUT2D eigenvalue weighted by atomic mass is 28.3. The maximum atomic E-state index is 12.2. The third kappa shape index (κ3) is 5.89. The normalized spacial score (nSPS) is 21.8. The Bertz CT molecular complexity index is 1270. The van der Waals surface area contributed by atoms with Crippen LogP contribution >= 0.6 is 0 Å². The molecule has 2 unspecified atom stereocenters. The predicted molar refractivity (Wildman–Crippen MR) is 171 cm³/mol. The van der Waals surface area contributed by atoms with E-state index in [2.05, 4.69) is 115 Å². The minimum Gasteiger partial charge on any atom is -0.485 e. The molecule has 1 N–H and O–H groups in total. The summed E-state index contributed by atoms with van der Waals surface area (Å²) in [5.41, 5.74) is -0.211. The lowest BCUT2D eigenvalue weighted by atomic mass is 9.49. The van der Waals surface area contributed by atoms with Crippen molar-refractivity contribution in [2.75, 3.05) is 0 Å². The van der Waals surface area contributed by atoms with Crippen molar-refractivity contribution in [3.63, 3.8) is 0 Å². The fourth-order valence-electron chi connectivity index (χ4n) is 6.92. The van der Waals surface area contributed by atoms with Crippen LogP contribution in [0.1, 0.15) is 91.7 Å². The van der Waals surface area contributed by atoms with Gasteiger partial charge in [0, 0.05) is 17.4 Å². The van der Waals surface area contributed by atoms with Crippen LogP contribution in [-0.2, 0) is 21.1 Å². The molecule has 1 aliphatic heterocycles. The number of unbranched alkanes of at least 4 members (excludes halogenated alkanes) is 2. The van der Waals surface area contributed by atoms with E-state index in [1.807, 2.05) is 12.1 Å². The molecule has 0 saturated carbocycles. The number of ether oxygens (including phenoxy) is 1. The number of hydrogen-bond donors (Lipinski definition) is 1.